The van der Waals surface area contributed by atoms with Crippen LogP contribution in [0.1, 0.15) is 5.69 Å². The van der Waals surface area contributed by atoms with Crippen LogP contribution in [0.15, 0.2) is 24.4 Å². The Kier molecular flexibility index (Phi) is 2.83. The molecule has 0 bridgehead atoms. The van der Waals surface area contributed by atoms with Gasteiger partial charge in [-0.15, -0.1) is 0 Å². The first-order valence-electron chi connectivity index (χ1n) is 5.88. The van der Waals surface area contributed by atoms with E-state index in [2.05, 4.69) is 10.2 Å². The molecule has 6 heteroatoms. The van der Waals surface area contributed by atoms with E-state index in [1.807, 2.05) is 18.2 Å². The summed E-state index contributed by atoms with van der Waals surface area (Å²) in [5.74, 6) is 0.479. The molecule has 0 saturated heterocycles. The first-order valence-corrected chi connectivity index (χ1v) is 5.88. The Labute approximate surface area is 109 Å². The maximum Gasteiger partial charge on any atom is 0.309 e. The molecular formula is C13H12N2O4. The van der Waals surface area contributed by atoms with Crippen molar-refractivity contribution in [1.82, 2.24) is 10.2 Å². The lowest BCUT2D eigenvalue weighted by Gasteiger charge is -2.18. The van der Waals surface area contributed by atoms with E-state index in [1.54, 1.807) is 6.20 Å². The van der Waals surface area contributed by atoms with Crippen LogP contribution in [0.25, 0.3) is 11.1 Å². The Morgan fingerprint density at radius 3 is 2.89 bits per heavy atom. The van der Waals surface area contributed by atoms with Crippen LogP contribution in [-0.4, -0.2) is 34.5 Å². The van der Waals surface area contributed by atoms with Gasteiger partial charge in [-0.1, -0.05) is 6.07 Å². The highest BCUT2D eigenvalue weighted by atomic mass is 16.6. The van der Waals surface area contributed by atoms with Gasteiger partial charge in [-0.3, -0.25) is 9.89 Å². The molecule has 0 aliphatic carbocycles. The third-order valence-corrected chi connectivity index (χ3v) is 2.90. The number of carboxylic acids is 1. The number of aliphatic carboxylic acids is 1. The molecule has 19 heavy (non-hydrogen) atoms. The number of carboxylic acid groups (broad SMARTS) is 1. The van der Waals surface area contributed by atoms with Crippen molar-refractivity contribution < 1.29 is 19.4 Å². The van der Waals surface area contributed by atoms with E-state index in [0.717, 1.165) is 11.1 Å². The molecule has 0 fully saturated rings. The van der Waals surface area contributed by atoms with E-state index < -0.39 is 5.97 Å². The van der Waals surface area contributed by atoms with Gasteiger partial charge in [-0.05, 0) is 17.7 Å². The molecule has 2 aromatic rings. The number of nitrogens with one attached hydrogen (secondary N) is 1. The van der Waals surface area contributed by atoms with E-state index in [1.165, 1.54) is 0 Å². The Hall–Kier alpha value is -2.50. The van der Waals surface area contributed by atoms with Crippen molar-refractivity contribution in [3.63, 3.8) is 0 Å². The number of aromatic nitrogens is 2. The van der Waals surface area contributed by atoms with Gasteiger partial charge in [0.05, 0.1) is 18.3 Å². The summed E-state index contributed by atoms with van der Waals surface area (Å²) in [5.41, 5.74) is 2.19. The lowest BCUT2D eigenvalue weighted by atomic mass is 10.0. The molecule has 0 unspecified atom stereocenters. The molecule has 2 N–H and O–H groups in total. The third kappa shape index (κ3) is 2.24. The second-order valence-electron chi connectivity index (χ2n) is 4.19. The van der Waals surface area contributed by atoms with Gasteiger partial charge in [0.2, 0.25) is 0 Å². The molecule has 0 atom stereocenters. The van der Waals surface area contributed by atoms with E-state index in [9.17, 15) is 4.79 Å². The van der Waals surface area contributed by atoms with Crippen LogP contribution in [0, 0.1) is 0 Å². The standard InChI is InChI=1S/C13H12N2O4/c16-13(17)6-10-9(7-14-15-10)8-1-2-11-12(5-8)19-4-3-18-11/h1-2,5,7H,3-4,6H2,(H,14,15)(H,16,17). The summed E-state index contributed by atoms with van der Waals surface area (Å²) in [5, 5.41) is 15.5. The number of rotatable bonds is 3. The highest BCUT2D eigenvalue weighted by Crippen LogP contribution is 2.35. The number of benzene rings is 1. The molecule has 0 radical (unpaired) electrons. The third-order valence-electron chi connectivity index (χ3n) is 2.90. The van der Waals surface area contributed by atoms with Gasteiger partial charge in [0, 0.05) is 5.56 Å². The molecule has 1 aliphatic rings. The van der Waals surface area contributed by atoms with Crippen molar-refractivity contribution in [1.29, 1.82) is 0 Å². The highest BCUT2D eigenvalue weighted by molar-refractivity contribution is 5.76. The predicted octanol–water partition coefficient (Wildman–Crippen LogP) is 1.47. The predicted molar refractivity (Wildman–Crippen MR) is 66.4 cm³/mol. The first kappa shape index (κ1) is 11.6. The van der Waals surface area contributed by atoms with Crippen molar-refractivity contribution in [3.8, 4) is 22.6 Å². The number of fused-ring (bicyclic) bond motifs is 1. The van der Waals surface area contributed by atoms with Crippen molar-refractivity contribution in [2.24, 2.45) is 0 Å². The minimum Gasteiger partial charge on any atom is -0.486 e. The van der Waals surface area contributed by atoms with Crippen molar-refractivity contribution in [3.05, 3.63) is 30.1 Å². The SMILES string of the molecule is O=C(O)Cc1[nH]ncc1-c1ccc2c(c1)OCCO2. The molecule has 98 valence electrons. The minimum absolute atomic E-state index is 0.0935. The number of ether oxygens (including phenoxy) is 2. The average Bonchev–Trinajstić information content (AvgIpc) is 2.85. The molecule has 1 aliphatic heterocycles. The van der Waals surface area contributed by atoms with Gasteiger partial charge in [0.1, 0.15) is 13.2 Å². The summed E-state index contributed by atoms with van der Waals surface area (Å²) in [6.07, 6.45) is 1.52. The zero-order chi connectivity index (χ0) is 13.2. The average molecular weight is 260 g/mol. The zero-order valence-corrected chi connectivity index (χ0v) is 10.0. The van der Waals surface area contributed by atoms with Crippen LogP contribution >= 0.6 is 0 Å². The van der Waals surface area contributed by atoms with Crippen LogP contribution in [0.2, 0.25) is 0 Å². The number of carbonyl (C=O) groups is 1. The quantitative estimate of drug-likeness (QED) is 0.873. The number of H-pyrrole nitrogens is 1. The van der Waals surface area contributed by atoms with Crippen LogP contribution in [-0.2, 0) is 11.2 Å². The monoisotopic (exact) mass is 260 g/mol. The van der Waals surface area contributed by atoms with Gasteiger partial charge in [-0.25, -0.2) is 0 Å². The van der Waals surface area contributed by atoms with E-state index in [-0.39, 0.29) is 6.42 Å². The summed E-state index contributed by atoms with van der Waals surface area (Å²) < 4.78 is 11.0. The van der Waals surface area contributed by atoms with E-state index in [0.29, 0.717) is 30.4 Å². The van der Waals surface area contributed by atoms with Crippen LogP contribution in [0.5, 0.6) is 11.5 Å². The summed E-state index contributed by atoms with van der Waals surface area (Å²) in [4.78, 5) is 10.8. The fourth-order valence-corrected chi connectivity index (χ4v) is 2.06. The summed E-state index contributed by atoms with van der Waals surface area (Å²) >= 11 is 0. The summed E-state index contributed by atoms with van der Waals surface area (Å²) in [6.45, 7) is 1.06. The Bertz CT molecular complexity index is 621. The van der Waals surface area contributed by atoms with E-state index in [4.69, 9.17) is 14.6 Å². The Morgan fingerprint density at radius 1 is 1.32 bits per heavy atom. The smallest absolute Gasteiger partial charge is 0.309 e. The first-order chi connectivity index (χ1) is 9.24. The van der Waals surface area contributed by atoms with Crippen LogP contribution in [0.4, 0.5) is 0 Å². The van der Waals surface area contributed by atoms with Crippen molar-refractivity contribution in [2.75, 3.05) is 13.2 Å². The van der Waals surface area contributed by atoms with Crippen molar-refractivity contribution in [2.45, 2.75) is 6.42 Å². The van der Waals surface area contributed by atoms with Gasteiger partial charge in [0.25, 0.3) is 0 Å². The molecule has 1 aromatic heterocycles. The zero-order valence-electron chi connectivity index (χ0n) is 10.0. The number of nitrogens with zero attached hydrogens (tertiary/aromatic N) is 1. The Morgan fingerprint density at radius 2 is 2.11 bits per heavy atom. The maximum atomic E-state index is 10.8. The second-order valence-corrected chi connectivity index (χ2v) is 4.19. The van der Waals surface area contributed by atoms with Crippen molar-refractivity contribution >= 4 is 5.97 Å². The highest BCUT2D eigenvalue weighted by Gasteiger charge is 2.15. The molecule has 6 nitrogen and oxygen atoms in total. The van der Waals surface area contributed by atoms with Gasteiger partial charge in [-0.2, -0.15) is 5.10 Å². The minimum atomic E-state index is -0.900. The second kappa shape index (κ2) is 4.64. The van der Waals surface area contributed by atoms with Gasteiger partial charge >= 0.3 is 5.97 Å². The maximum absolute atomic E-state index is 10.8. The topological polar surface area (TPSA) is 84.4 Å². The molecule has 3 rings (SSSR count). The molecule has 1 aromatic carbocycles. The molecular weight excluding hydrogens is 248 g/mol. The lowest BCUT2D eigenvalue weighted by molar-refractivity contribution is -0.136. The lowest BCUT2D eigenvalue weighted by Crippen LogP contribution is -2.15. The molecule has 2 heterocycles. The number of hydrogen-bond donors (Lipinski definition) is 2. The fourth-order valence-electron chi connectivity index (χ4n) is 2.06. The molecule has 0 amide bonds. The van der Waals surface area contributed by atoms with Crippen LogP contribution < -0.4 is 9.47 Å². The normalized spacial score (nSPS) is 13.3. The fraction of sp³-hybridized carbons (Fsp3) is 0.231. The largest absolute Gasteiger partial charge is 0.486 e. The van der Waals surface area contributed by atoms with Gasteiger partial charge < -0.3 is 14.6 Å². The molecule has 0 saturated carbocycles. The number of aromatic amines is 1. The van der Waals surface area contributed by atoms with Gasteiger partial charge in [0.15, 0.2) is 11.5 Å². The summed E-state index contributed by atoms with van der Waals surface area (Å²) in [6, 6.07) is 5.52. The van der Waals surface area contributed by atoms with Crippen LogP contribution in [0.3, 0.4) is 0 Å². The van der Waals surface area contributed by atoms with E-state index >= 15 is 0 Å². The summed E-state index contributed by atoms with van der Waals surface area (Å²) in [7, 11) is 0. The molecule has 0 spiro atoms. The number of hydrogen-bond acceptors (Lipinski definition) is 4. The Balaban J connectivity index is 1.98.